The molecule has 1 aliphatic carbocycles. The molecule has 4 nitrogen and oxygen atoms in total. The van der Waals surface area contributed by atoms with E-state index in [4.69, 9.17) is 21.7 Å². The molecule has 0 radical (unpaired) electrons. The van der Waals surface area contributed by atoms with Gasteiger partial charge in [0.15, 0.2) is 16.6 Å². The second-order valence-electron chi connectivity index (χ2n) is 7.24. The fourth-order valence-corrected chi connectivity index (χ4v) is 4.11. The normalized spacial score (nSPS) is 15.3. The van der Waals surface area contributed by atoms with Gasteiger partial charge in [0, 0.05) is 5.69 Å². The maximum Gasteiger partial charge on any atom is 0.171 e. The third-order valence-electron chi connectivity index (χ3n) is 5.51. The van der Waals surface area contributed by atoms with Crippen LogP contribution >= 0.6 is 12.2 Å². The first-order valence-corrected chi connectivity index (χ1v) is 9.77. The van der Waals surface area contributed by atoms with Crippen molar-refractivity contribution in [3.8, 4) is 11.5 Å². The largest absolute Gasteiger partial charge is 0.493 e. The molecule has 1 aliphatic rings. The van der Waals surface area contributed by atoms with E-state index in [1.807, 2.05) is 6.07 Å². The van der Waals surface area contributed by atoms with Crippen LogP contribution in [0.25, 0.3) is 0 Å². The van der Waals surface area contributed by atoms with Gasteiger partial charge in [0.05, 0.1) is 19.8 Å². The molecule has 0 spiro atoms. The van der Waals surface area contributed by atoms with E-state index in [1.54, 1.807) is 14.2 Å². The minimum atomic E-state index is -0.177. The summed E-state index contributed by atoms with van der Waals surface area (Å²) in [6.07, 6.45) is 4.43. The van der Waals surface area contributed by atoms with Crippen LogP contribution in [0, 0.1) is 13.8 Å². The zero-order valence-electron chi connectivity index (χ0n) is 16.5. The van der Waals surface area contributed by atoms with Crippen molar-refractivity contribution in [1.29, 1.82) is 0 Å². The van der Waals surface area contributed by atoms with Crippen molar-refractivity contribution in [3.63, 3.8) is 0 Å². The van der Waals surface area contributed by atoms with Crippen molar-refractivity contribution in [3.05, 3.63) is 53.1 Å². The Bertz CT molecular complexity index is 829. The summed E-state index contributed by atoms with van der Waals surface area (Å²) < 4.78 is 10.9. The van der Waals surface area contributed by atoms with Gasteiger partial charge in [-0.05, 0) is 79.9 Å². The summed E-state index contributed by atoms with van der Waals surface area (Å²) in [7, 11) is 3.33. The number of anilines is 1. The summed E-state index contributed by atoms with van der Waals surface area (Å²) in [5.41, 5.74) is 4.54. The number of hydrogen-bond acceptors (Lipinski definition) is 3. The molecule has 27 heavy (non-hydrogen) atoms. The second-order valence-corrected chi connectivity index (χ2v) is 7.65. The monoisotopic (exact) mass is 384 g/mol. The van der Waals surface area contributed by atoms with E-state index in [0.717, 1.165) is 30.0 Å². The molecule has 0 bridgehead atoms. The molecule has 1 fully saturated rings. The standard InChI is InChI=1S/C22H28N2O2S/c1-15-7-9-18(13-16(15)2)23-21(27)24-22(11-5-6-12-22)17-8-10-19(25-3)20(14-17)26-4/h7-10,13-14H,5-6,11-12H2,1-4H3,(H2,23,24,27). The highest BCUT2D eigenvalue weighted by molar-refractivity contribution is 7.80. The molecule has 0 amide bonds. The summed E-state index contributed by atoms with van der Waals surface area (Å²) in [6, 6.07) is 12.4. The van der Waals surface area contributed by atoms with Gasteiger partial charge in [-0.1, -0.05) is 25.0 Å². The van der Waals surface area contributed by atoms with Gasteiger partial charge in [0.25, 0.3) is 0 Å². The summed E-state index contributed by atoms with van der Waals surface area (Å²) in [5.74, 6) is 1.49. The Labute approximate surface area is 167 Å². The Morgan fingerprint density at radius 1 is 0.926 bits per heavy atom. The fourth-order valence-electron chi connectivity index (χ4n) is 3.80. The maximum absolute atomic E-state index is 5.65. The highest BCUT2D eigenvalue weighted by Crippen LogP contribution is 2.41. The summed E-state index contributed by atoms with van der Waals surface area (Å²) in [6.45, 7) is 4.22. The number of nitrogens with one attached hydrogen (secondary N) is 2. The molecule has 2 aromatic rings. The SMILES string of the molecule is COc1ccc(C2(NC(=S)Nc3ccc(C)c(C)c3)CCCC2)cc1OC. The lowest BCUT2D eigenvalue weighted by molar-refractivity contribution is 0.350. The highest BCUT2D eigenvalue weighted by atomic mass is 32.1. The Hall–Kier alpha value is -2.27. The first-order valence-electron chi connectivity index (χ1n) is 9.36. The van der Waals surface area contributed by atoms with Crippen LogP contribution in [0.15, 0.2) is 36.4 Å². The van der Waals surface area contributed by atoms with Crippen molar-refractivity contribution >= 4 is 23.0 Å². The van der Waals surface area contributed by atoms with E-state index in [0.29, 0.717) is 5.11 Å². The molecule has 5 heteroatoms. The predicted octanol–water partition coefficient (Wildman–Crippen LogP) is 5.08. The van der Waals surface area contributed by atoms with Crippen molar-refractivity contribution in [2.45, 2.75) is 45.1 Å². The Kier molecular flexibility index (Phi) is 5.90. The van der Waals surface area contributed by atoms with E-state index in [2.05, 4.69) is 54.8 Å². The van der Waals surface area contributed by atoms with Gasteiger partial charge < -0.3 is 20.1 Å². The summed E-state index contributed by atoms with van der Waals surface area (Å²) in [5, 5.41) is 7.60. The first kappa shape index (κ1) is 19.5. The maximum atomic E-state index is 5.65. The Morgan fingerprint density at radius 2 is 1.63 bits per heavy atom. The third-order valence-corrected chi connectivity index (χ3v) is 5.71. The second kappa shape index (κ2) is 8.17. The molecule has 0 heterocycles. The van der Waals surface area contributed by atoms with Crippen LogP contribution in [0.3, 0.4) is 0 Å². The number of ether oxygens (including phenoxy) is 2. The summed E-state index contributed by atoms with van der Waals surface area (Å²) in [4.78, 5) is 0. The number of aryl methyl sites for hydroxylation is 2. The van der Waals surface area contributed by atoms with Crippen LogP contribution in [-0.2, 0) is 5.54 Å². The fraction of sp³-hybridized carbons (Fsp3) is 0.409. The quantitative estimate of drug-likeness (QED) is 0.704. The van der Waals surface area contributed by atoms with E-state index in [9.17, 15) is 0 Å². The Morgan fingerprint density at radius 3 is 2.26 bits per heavy atom. The molecule has 1 saturated carbocycles. The topological polar surface area (TPSA) is 42.5 Å². The molecule has 0 aromatic heterocycles. The van der Waals surface area contributed by atoms with E-state index < -0.39 is 0 Å². The van der Waals surface area contributed by atoms with Crippen molar-refractivity contribution in [2.75, 3.05) is 19.5 Å². The molecule has 0 saturated heterocycles. The average Bonchev–Trinajstić information content (AvgIpc) is 3.13. The minimum Gasteiger partial charge on any atom is -0.493 e. The number of thiocarbonyl (C=S) groups is 1. The van der Waals surface area contributed by atoms with Crippen LogP contribution in [0.1, 0.15) is 42.4 Å². The van der Waals surface area contributed by atoms with E-state index in [-0.39, 0.29) is 5.54 Å². The first-order chi connectivity index (χ1) is 13.0. The number of hydrogen-bond donors (Lipinski definition) is 2. The average molecular weight is 385 g/mol. The van der Waals surface area contributed by atoms with Gasteiger partial charge in [-0.25, -0.2) is 0 Å². The molecule has 0 aliphatic heterocycles. The van der Waals surface area contributed by atoms with E-state index >= 15 is 0 Å². The van der Waals surface area contributed by atoms with E-state index in [1.165, 1.54) is 29.5 Å². The van der Waals surface area contributed by atoms with Gasteiger partial charge in [-0.2, -0.15) is 0 Å². The molecule has 144 valence electrons. The van der Waals surface area contributed by atoms with Gasteiger partial charge in [0.1, 0.15) is 0 Å². The van der Waals surface area contributed by atoms with Gasteiger partial charge in [0.2, 0.25) is 0 Å². The lowest BCUT2D eigenvalue weighted by atomic mass is 9.88. The van der Waals surface area contributed by atoms with Gasteiger partial charge in [-0.3, -0.25) is 0 Å². The highest BCUT2D eigenvalue weighted by Gasteiger charge is 2.37. The zero-order valence-corrected chi connectivity index (χ0v) is 17.3. The van der Waals surface area contributed by atoms with Gasteiger partial charge in [-0.15, -0.1) is 0 Å². The molecular weight excluding hydrogens is 356 g/mol. The zero-order chi connectivity index (χ0) is 19.4. The molecule has 0 atom stereocenters. The number of rotatable bonds is 5. The third kappa shape index (κ3) is 4.19. The van der Waals surface area contributed by atoms with Crippen molar-refractivity contribution in [2.24, 2.45) is 0 Å². The van der Waals surface area contributed by atoms with Crippen molar-refractivity contribution < 1.29 is 9.47 Å². The lowest BCUT2D eigenvalue weighted by Gasteiger charge is -2.33. The molecule has 2 N–H and O–H groups in total. The Balaban J connectivity index is 1.82. The minimum absolute atomic E-state index is 0.177. The molecule has 2 aromatic carbocycles. The van der Waals surface area contributed by atoms with Crippen LogP contribution in [0.2, 0.25) is 0 Å². The van der Waals surface area contributed by atoms with Crippen LogP contribution in [-0.4, -0.2) is 19.3 Å². The number of methoxy groups -OCH3 is 2. The number of benzene rings is 2. The molecular formula is C22H28N2O2S. The van der Waals surface area contributed by atoms with Gasteiger partial charge >= 0.3 is 0 Å². The molecule has 0 unspecified atom stereocenters. The lowest BCUT2D eigenvalue weighted by Crippen LogP contribution is -2.45. The smallest absolute Gasteiger partial charge is 0.171 e. The molecule has 3 rings (SSSR count). The summed E-state index contributed by atoms with van der Waals surface area (Å²) >= 11 is 5.65. The van der Waals surface area contributed by atoms with Crippen molar-refractivity contribution in [1.82, 2.24) is 5.32 Å². The van der Waals surface area contributed by atoms with Crippen LogP contribution in [0.4, 0.5) is 5.69 Å². The van der Waals surface area contributed by atoms with Crippen LogP contribution < -0.4 is 20.1 Å². The predicted molar refractivity (Wildman–Crippen MR) is 115 cm³/mol. The van der Waals surface area contributed by atoms with Crippen LogP contribution in [0.5, 0.6) is 11.5 Å².